The second-order valence-corrected chi connectivity index (χ2v) is 0.207. The van der Waals surface area contributed by atoms with Gasteiger partial charge in [0.15, 0.2) is 0 Å². The van der Waals surface area contributed by atoms with Gasteiger partial charge >= 0.3 is 11.3 Å². The summed E-state index contributed by atoms with van der Waals surface area (Å²) in [5, 5.41) is 12.0. The first-order valence-corrected chi connectivity index (χ1v) is 1.17. The first-order chi connectivity index (χ1) is 2.41. The van der Waals surface area contributed by atoms with Crippen LogP contribution < -0.4 is 4.66 Å². The molecule has 0 aromatic rings. The van der Waals surface area contributed by atoms with Crippen LogP contribution in [0.1, 0.15) is 0 Å². The second-order valence-electron chi connectivity index (χ2n) is 0.0690. The first kappa shape index (κ1) is 15.7. The van der Waals surface area contributed by atoms with Crippen molar-refractivity contribution in [2.24, 2.45) is 0 Å². The average molecular weight is 125 g/mol. The van der Waals surface area contributed by atoms with Crippen molar-refractivity contribution in [2.75, 3.05) is 0 Å². The van der Waals surface area contributed by atoms with Crippen LogP contribution in [0.4, 0.5) is 0 Å². The third-order valence-corrected chi connectivity index (χ3v) is 0. The molecule has 3 N–H and O–H groups in total. The predicted molar refractivity (Wildman–Crippen MR) is 13.2 cm³/mol. The fraction of sp³-hybridized carbons (Fsp3) is 0. The molecule has 0 aliphatic heterocycles. The van der Waals surface area contributed by atoms with E-state index in [4.69, 9.17) is 19.8 Å². The van der Waals surface area contributed by atoms with Gasteiger partial charge in [-0.25, -0.2) is 0 Å². The van der Waals surface area contributed by atoms with Gasteiger partial charge in [-0.05, 0) is 0 Å². The molecule has 35 valence electrons. The van der Waals surface area contributed by atoms with E-state index in [-0.39, 0.29) is 40.9 Å². The van der Waals surface area contributed by atoms with E-state index in [2.05, 4.69) is 0 Å². The largest absolute Gasteiger partial charge is 0.506 e. The van der Waals surface area contributed by atoms with E-state index in [9.17, 15) is 0 Å². The smallest absolute Gasteiger partial charge is 0.327 e. The van der Waals surface area contributed by atoms with E-state index in [1.807, 2.05) is 0 Å². The summed E-state index contributed by atoms with van der Waals surface area (Å²) in [5.74, 6) is 0. The normalized spacial score (nSPS) is 4.00. The summed E-state index contributed by atoms with van der Waals surface area (Å²) in [5.41, 5.74) is 0. The van der Waals surface area contributed by atoms with E-state index < -0.39 is 0 Å². The molecule has 0 amide bonds. The maximum atomic E-state index is 8.35. The molecule has 0 fully saturated rings. The van der Waals surface area contributed by atoms with E-state index in [0.29, 0.717) is 0 Å². The molecule has 0 bridgehead atoms. The van der Waals surface area contributed by atoms with Gasteiger partial charge < -0.3 is 4.66 Å². The summed E-state index contributed by atoms with van der Waals surface area (Å²) in [6.45, 7) is 0. The Hall–Kier alpha value is 1.13. The average Bonchev–Trinajstić information content (AvgIpc) is 1.46. The molecule has 0 heterocycles. The molecule has 0 aromatic carbocycles. The van der Waals surface area contributed by atoms with E-state index >= 15 is 0 Å². The monoisotopic (exact) mass is 125 g/mol. The Morgan fingerprint density at radius 1 is 1.33 bits per heavy atom. The number of rotatable bonds is 0. The zero-order valence-corrected chi connectivity index (χ0v) is 5.88. The Bertz CT molecular complexity index is 7.51. The summed E-state index contributed by atoms with van der Waals surface area (Å²) < 4.78 is 15.2. The minimum Gasteiger partial charge on any atom is -0.506 e. The molecule has 6 heteroatoms. The van der Waals surface area contributed by atoms with Gasteiger partial charge in [0.2, 0.25) is 0 Å². The maximum Gasteiger partial charge on any atom is 0.327 e. The summed E-state index contributed by atoms with van der Waals surface area (Å²) in [6.07, 6.45) is 0. The van der Waals surface area contributed by atoms with Crippen LogP contribution in [0.15, 0.2) is 0 Å². The van der Waals surface area contributed by atoms with Crippen molar-refractivity contribution in [1.82, 2.24) is 0 Å². The van der Waals surface area contributed by atoms with Crippen LogP contribution in [0.3, 0.4) is 0 Å². The number of hydrogen-bond acceptors (Lipinski definition) is 4. The van der Waals surface area contributed by atoms with E-state index in [1.54, 1.807) is 0 Å². The van der Waals surface area contributed by atoms with Gasteiger partial charge in [0.05, 0.1) is 0 Å². The Morgan fingerprint density at radius 3 is 1.33 bits per heavy atom. The van der Waals surface area contributed by atoms with Gasteiger partial charge in [-0.15, -0.1) is 4.66 Å². The van der Waals surface area contributed by atoms with Gasteiger partial charge in [0.25, 0.3) is 0 Å². The SMILES string of the molecule is OO.[Na].[O-][Cl+]O. The molecule has 0 aliphatic rings. The van der Waals surface area contributed by atoms with Crippen LogP contribution in [-0.4, -0.2) is 44.7 Å². The van der Waals surface area contributed by atoms with Crippen molar-refractivity contribution in [3.63, 3.8) is 0 Å². The fourth-order valence-electron chi connectivity index (χ4n) is 0. The molecular weight excluding hydrogens is 122 g/mol. The molecule has 0 atom stereocenters. The standard InChI is InChI=1S/ClHO2.Na.H2O2/c2-1-3;;1-2/h2H;;1-2H. The topological polar surface area (TPSA) is 83.8 Å². The Kier molecular flexibility index (Phi) is 93.1. The molecule has 0 aliphatic carbocycles. The predicted octanol–water partition coefficient (Wildman–Crippen LogP) is -2.11. The molecule has 6 heavy (non-hydrogen) atoms. The molecule has 0 spiro atoms. The Labute approximate surface area is 60.7 Å². The fourth-order valence-corrected chi connectivity index (χ4v) is 0. The first-order valence-electron chi connectivity index (χ1n) is 0.523. The van der Waals surface area contributed by atoms with Crippen LogP contribution in [0, 0.1) is 11.3 Å². The summed E-state index contributed by atoms with van der Waals surface area (Å²) in [6, 6.07) is 0. The zero-order valence-electron chi connectivity index (χ0n) is 3.13. The van der Waals surface area contributed by atoms with Crippen LogP contribution in [-0.2, 0) is 0 Å². The van der Waals surface area contributed by atoms with Crippen molar-refractivity contribution in [3.8, 4) is 0 Å². The summed E-state index contributed by atoms with van der Waals surface area (Å²) >= 11 is -0.167. The van der Waals surface area contributed by atoms with Gasteiger partial charge in [-0.2, -0.15) is 0 Å². The van der Waals surface area contributed by atoms with Crippen molar-refractivity contribution in [1.29, 1.82) is 0 Å². The third kappa shape index (κ3) is 68.5. The number of halogens is 1. The quantitative estimate of drug-likeness (QED) is 0.197. The minimum absolute atomic E-state index is 0. The van der Waals surface area contributed by atoms with Crippen LogP contribution >= 0.6 is 0 Å². The third-order valence-electron chi connectivity index (χ3n) is 0. The van der Waals surface area contributed by atoms with Gasteiger partial charge in [-0.3, -0.25) is 10.5 Å². The zero-order chi connectivity index (χ0) is 4.71. The maximum absolute atomic E-state index is 8.35. The summed E-state index contributed by atoms with van der Waals surface area (Å²) in [4.78, 5) is 0. The van der Waals surface area contributed by atoms with Gasteiger partial charge in [0, 0.05) is 29.6 Å². The molecule has 0 rings (SSSR count). The number of hydrogen-bond donors (Lipinski definition) is 3. The summed E-state index contributed by atoms with van der Waals surface area (Å²) in [7, 11) is 0. The molecular formula is H3ClNaO4. The van der Waals surface area contributed by atoms with Crippen LogP contribution in [0.2, 0.25) is 0 Å². The molecule has 0 saturated carbocycles. The Morgan fingerprint density at radius 2 is 1.33 bits per heavy atom. The van der Waals surface area contributed by atoms with Gasteiger partial charge in [-0.1, -0.05) is 0 Å². The molecule has 0 saturated heterocycles. The minimum atomic E-state index is -0.167. The van der Waals surface area contributed by atoms with Crippen molar-refractivity contribution < 1.29 is 31.2 Å². The second kappa shape index (κ2) is 35.6. The van der Waals surface area contributed by atoms with E-state index in [0.717, 1.165) is 0 Å². The molecule has 0 aromatic heterocycles. The molecule has 4 nitrogen and oxygen atoms in total. The van der Waals surface area contributed by atoms with Crippen molar-refractivity contribution in [3.05, 3.63) is 0 Å². The van der Waals surface area contributed by atoms with Crippen molar-refractivity contribution >= 4 is 29.6 Å². The molecule has 0 unspecified atom stereocenters. The Balaban J connectivity index is -0.0000000275. The van der Waals surface area contributed by atoms with Gasteiger partial charge in [0.1, 0.15) is 0 Å². The van der Waals surface area contributed by atoms with Crippen LogP contribution in [0.5, 0.6) is 0 Å². The molecule has 1 radical (unpaired) electrons. The van der Waals surface area contributed by atoms with E-state index in [1.165, 1.54) is 0 Å². The van der Waals surface area contributed by atoms with Crippen LogP contribution in [0.25, 0.3) is 0 Å². The van der Waals surface area contributed by atoms with Crippen molar-refractivity contribution in [2.45, 2.75) is 0 Å².